The Morgan fingerprint density at radius 3 is 2.64 bits per heavy atom. The van der Waals surface area contributed by atoms with Crippen molar-refractivity contribution in [2.75, 3.05) is 13.2 Å². The van der Waals surface area contributed by atoms with Crippen LogP contribution in [-0.4, -0.2) is 25.3 Å². The fourth-order valence-corrected chi connectivity index (χ4v) is 1.38. The van der Waals surface area contributed by atoms with Crippen LogP contribution in [0.25, 0.3) is 0 Å². The summed E-state index contributed by atoms with van der Waals surface area (Å²) in [6.45, 7) is 6.34. The van der Waals surface area contributed by atoms with E-state index in [0.29, 0.717) is 12.1 Å². The van der Waals surface area contributed by atoms with Crippen molar-refractivity contribution < 1.29 is 4.74 Å². The molecular weight excluding hydrogens is 138 g/mol. The molecule has 1 N–H and O–H groups in total. The van der Waals surface area contributed by atoms with Crippen LogP contribution in [0.1, 0.15) is 33.1 Å². The van der Waals surface area contributed by atoms with Crippen molar-refractivity contribution in [1.29, 1.82) is 0 Å². The van der Waals surface area contributed by atoms with Crippen LogP contribution in [0.5, 0.6) is 0 Å². The summed E-state index contributed by atoms with van der Waals surface area (Å²) in [5.74, 6) is 0. The molecule has 1 atom stereocenters. The average molecular weight is 157 g/mol. The third kappa shape index (κ3) is 3.21. The van der Waals surface area contributed by atoms with E-state index in [2.05, 4.69) is 19.2 Å². The molecule has 0 amide bonds. The van der Waals surface area contributed by atoms with Gasteiger partial charge in [0.15, 0.2) is 0 Å². The highest BCUT2D eigenvalue weighted by atomic mass is 16.5. The SMILES string of the molecule is CC[C@H](C)NC1CCOCC1. The highest BCUT2D eigenvalue weighted by molar-refractivity contribution is 4.72. The summed E-state index contributed by atoms with van der Waals surface area (Å²) in [7, 11) is 0. The lowest BCUT2D eigenvalue weighted by Gasteiger charge is -2.26. The Morgan fingerprint density at radius 1 is 1.45 bits per heavy atom. The topological polar surface area (TPSA) is 21.3 Å². The molecule has 1 saturated heterocycles. The Balaban J connectivity index is 2.13. The predicted molar refractivity (Wildman–Crippen MR) is 46.7 cm³/mol. The molecule has 0 aromatic heterocycles. The van der Waals surface area contributed by atoms with E-state index >= 15 is 0 Å². The van der Waals surface area contributed by atoms with Gasteiger partial charge in [-0.25, -0.2) is 0 Å². The minimum Gasteiger partial charge on any atom is -0.381 e. The first-order chi connectivity index (χ1) is 5.33. The van der Waals surface area contributed by atoms with Crippen LogP contribution in [-0.2, 0) is 4.74 Å². The molecule has 0 aromatic rings. The van der Waals surface area contributed by atoms with Gasteiger partial charge < -0.3 is 10.1 Å². The van der Waals surface area contributed by atoms with Gasteiger partial charge in [-0.15, -0.1) is 0 Å². The molecule has 0 bridgehead atoms. The van der Waals surface area contributed by atoms with E-state index in [1.807, 2.05) is 0 Å². The van der Waals surface area contributed by atoms with Gasteiger partial charge >= 0.3 is 0 Å². The molecule has 11 heavy (non-hydrogen) atoms. The van der Waals surface area contributed by atoms with E-state index in [4.69, 9.17) is 4.74 Å². The minimum atomic E-state index is 0.665. The van der Waals surface area contributed by atoms with Crippen LogP contribution >= 0.6 is 0 Å². The van der Waals surface area contributed by atoms with Crippen LogP contribution in [0.4, 0.5) is 0 Å². The number of nitrogens with one attached hydrogen (secondary N) is 1. The van der Waals surface area contributed by atoms with Crippen LogP contribution in [0, 0.1) is 0 Å². The molecule has 1 aliphatic heterocycles. The monoisotopic (exact) mass is 157 g/mol. The summed E-state index contributed by atoms with van der Waals surface area (Å²) in [6.07, 6.45) is 3.59. The van der Waals surface area contributed by atoms with E-state index in [-0.39, 0.29) is 0 Å². The molecular formula is C9H19NO. The molecule has 2 heteroatoms. The molecule has 0 aromatic carbocycles. The fourth-order valence-electron chi connectivity index (χ4n) is 1.38. The van der Waals surface area contributed by atoms with E-state index in [1.54, 1.807) is 0 Å². The van der Waals surface area contributed by atoms with E-state index < -0.39 is 0 Å². The summed E-state index contributed by atoms with van der Waals surface area (Å²) in [4.78, 5) is 0. The van der Waals surface area contributed by atoms with Crippen molar-refractivity contribution in [1.82, 2.24) is 5.32 Å². The second-order valence-electron chi connectivity index (χ2n) is 3.36. The lowest BCUT2D eigenvalue weighted by atomic mass is 10.1. The Hall–Kier alpha value is -0.0800. The zero-order valence-corrected chi connectivity index (χ0v) is 7.60. The Bertz CT molecular complexity index is 99.7. The highest BCUT2D eigenvalue weighted by Crippen LogP contribution is 2.07. The standard InChI is InChI=1S/C9H19NO/c1-3-8(2)10-9-4-6-11-7-5-9/h8-10H,3-7H2,1-2H3/t8-/m0/s1. The minimum absolute atomic E-state index is 0.665. The molecule has 0 saturated carbocycles. The van der Waals surface area contributed by atoms with Gasteiger partial charge in [0.05, 0.1) is 0 Å². The number of ether oxygens (including phenoxy) is 1. The molecule has 1 rings (SSSR count). The molecule has 0 aliphatic carbocycles. The second-order valence-corrected chi connectivity index (χ2v) is 3.36. The lowest BCUT2D eigenvalue weighted by molar-refractivity contribution is 0.0753. The third-order valence-corrected chi connectivity index (χ3v) is 2.35. The van der Waals surface area contributed by atoms with Crippen LogP contribution in [0.2, 0.25) is 0 Å². The van der Waals surface area contributed by atoms with E-state index in [0.717, 1.165) is 13.2 Å². The van der Waals surface area contributed by atoms with Gasteiger partial charge in [0.1, 0.15) is 0 Å². The first kappa shape index (κ1) is 9.01. The zero-order valence-electron chi connectivity index (χ0n) is 7.60. The summed E-state index contributed by atoms with van der Waals surface area (Å²) in [5.41, 5.74) is 0. The maximum absolute atomic E-state index is 5.27. The molecule has 0 spiro atoms. The van der Waals surface area contributed by atoms with Gasteiger partial charge in [-0.3, -0.25) is 0 Å². The van der Waals surface area contributed by atoms with Gasteiger partial charge in [0, 0.05) is 25.3 Å². The lowest BCUT2D eigenvalue weighted by Crippen LogP contribution is -2.39. The first-order valence-electron chi connectivity index (χ1n) is 4.66. The Kier molecular flexibility index (Phi) is 3.87. The van der Waals surface area contributed by atoms with Crippen molar-refractivity contribution in [3.63, 3.8) is 0 Å². The molecule has 1 heterocycles. The van der Waals surface area contributed by atoms with Crippen LogP contribution in [0.15, 0.2) is 0 Å². The van der Waals surface area contributed by atoms with Crippen LogP contribution < -0.4 is 5.32 Å². The van der Waals surface area contributed by atoms with E-state index in [9.17, 15) is 0 Å². The van der Waals surface area contributed by atoms with Crippen molar-refractivity contribution in [3.8, 4) is 0 Å². The van der Waals surface area contributed by atoms with Gasteiger partial charge in [0.2, 0.25) is 0 Å². The number of rotatable bonds is 3. The zero-order chi connectivity index (χ0) is 8.10. The smallest absolute Gasteiger partial charge is 0.0480 e. The van der Waals surface area contributed by atoms with Gasteiger partial charge in [-0.1, -0.05) is 6.92 Å². The first-order valence-corrected chi connectivity index (χ1v) is 4.66. The molecule has 2 nitrogen and oxygen atoms in total. The highest BCUT2D eigenvalue weighted by Gasteiger charge is 2.14. The third-order valence-electron chi connectivity index (χ3n) is 2.35. The summed E-state index contributed by atoms with van der Waals surface area (Å²) in [6, 6.07) is 1.37. The predicted octanol–water partition coefficient (Wildman–Crippen LogP) is 1.55. The quantitative estimate of drug-likeness (QED) is 0.671. The van der Waals surface area contributed by atoms with Crippen molar-refractivity contribution in [2.45, 2.75) is 45.2 Å². The second kappa shape index (κ2) is 4.73. The van der Waals surface area contributed by atoms with Crippen molar-refractivity contribution >= 4 is 0 Å². The molecule has 66 valence electrons. The molecule has 0 radical (unpaired) electrons. The Labute approximate surface area is 69.3 Å². The Morgan fingerprint density at radius 2 is 2.09 bits per heavy atom. The van der Waals surface area contributed by atoms with Crippen LogP contribution in [0.3, 0.4) is 0 Å². The summed E-state index contributed by atoms with van der Waals surface area (Å²) >= 11 is 0. The molecule has 1 fully saturated rings. The largest absolute Gasteiger partial charge is 0.381 e. The van der Waals surface area contributed by atoms with E-state index in [1.165, 1.54) is 19.3 Å². The van der Waals surface area contributed by atoms with Crippen molar-refractivity contribution in [3.05, 3.63) is 0 Å². The molecule has 1 aliphatic rings. The maximum Gasteiger partial charge on any atom is 0.0480 e. The van der Waals surface area contributed by atoms with Crippen molar-refractivity contribution in [2.24, 2.45) is 0 Å². The average Bonchev–Trinajstić information content (AvgIpc) is 2.06. The summed E-state index contributed by atoms with van der Waals surface area (Å²) < 4.78 is 5.27. The number of hydrogen-bond donors (Lipinski definition) is 1. The summed E-state index contributed by atoms with van der Waals surface area (Å²) in [5, 5.41) is 3.59. The molecule has 0 unspecified atom stereocenters. The normalized spacial score (nSPS) is 23.5. The van der Waals surface area contributed by atoms with Gasteiger partial charge in [-0.05, 0) is 26.2 Å². The van der Waals surface area contributed by atoms with Gasteiger partial charge in [-0.2, -0.15) is 0 Å². The van der Waals surface area contributed by atoms with Gasteiger partial charge in [0.25, 0.3) is 0 Å². The fraction of sp³-hybridized carbons (Fsp3) is 1.00. The maximum atomic E-state index is 5.27. The number of hydrogen-bond acceptors (Lipinski definition) is 2.